The van der Waals surface area contributed by atoms with Crippen molar-refractivity contribution in [3.63, 3.8) is 0 Å². The number of rotatable bonds is 10. The van der Waals surface area contributed by atoms with Crippen LogP contribution < -0.4 is 10.1 Å². The highest BCUT2D eigenvalue weighted by molar-refractivity contribution is 7.89. The number of carbonyl (C=O) groups excluding carboxylic acids is 1. The number of hydrogen-bond donors (Lipinski definition) is 1. The van der Waals surface area contributed by atoms with E-state index in [0.717, 1.165) is 17.8 Å². The van der Waals surface area contributed by atoms with Crippen LogP contribution in [0, 0.1) is 0 Å². The summed E-state index contributed by atoms with van der Waals surface area (Å²) in [4.78, 5) is 13.3. The Morgan fingerprint density at radius 2 is 1.74 bits per heavy atom. The van der Waals surface area contributed by atoms with E-state index >= 15 is 0 Å². The van der Waals surface area contributed by atoms with Crippen LogP contribution in [0.3, 0.4) is 0 Å². The van der Waals surface area contributed by atoms with Gasteiger partial charge in [0, 0.05) is 18.0 Å². The lowest BCUT2D eigenvalue weighted by Crippen LogP contribution is -2.38. The van der Waals surface area contributed by atoms with Crippen molar-refractivity contribution in [2.24, 2.45) is 0 Å². The zero-order valence-electron chi connectivity index (χ0n) is 21.0. The number of sulfonamides is 1. The molecule has 1 heterocycles. The topological polar surface area (TPSA) is 93.5 Å². The van der Waals surface area contributed by atoms with Crippen molar-refractivity contribution >= 4 is 21.7 Å². The van der Waals surface area contributed by atoms with E-state index in [1.54, 1.807) is 42.1 Å². The fourth-order valence-corrected chi connectivity index (χ4v) is 4.92. The van der Waals surface area contributed by atoms with Gasteiger partial charge in [-0.3, -0.25) is 4.79 Å². The highest BCUT2D eigenvalue weighted by atomic mass is 32.2. The predicted molar refractivity (Wildman–Crippen MR) is 138 cm³/mol. The molecule has 3 aromatic rings. The molecule has 188 valence electrons. The van der Waals surface area contributed by atoms with E-state index in [9.17, 15) is 13.2 Å². The molecule has 9 heteroatoms. The van der Waals surface area contributed by atoms with Gasteiger partial charge in [-0.2, -0.15) is 9.40 Å². The maximum atomic E-state index is 13.2. The summed E-state index contributed by atoms with van der Waals surface area (Å²) in [5.41, 5.74) is 1.29. The third-order valence-electron chi connectivity index (χ3n) is 5.52. The zero-order valence-corrected chi connectivity index (χ0v) is 21.8. The van der Waals surface area contributed by atoms with Gasteiger partial charge < -0.3 is 10.1 Å². The van der Waals surface area contributed by atoms with Gasteiger partial charge in [0.25, 0.3) is 0 Å². The molecule has 1 N–H and O–H groups in total. The van der Waals surface area contributed by atoms with Crippen LogP contribution in [0.1, 0.15) is 46.2 Å². The number of benzene rings is 2. The van der Waals surface area contributed by atoms with Gasteiger partial charge in [0.05, 0.1) is 29.9 Å². The van der Waals surface area contributed by atoms with Gasteiger partial charge in [-0.25, -0.2) is 13.1 Å². The Labute approximate surface area is 208 Å². The van der Waals surface area contributed by atoms with Crippen molar-refractivity contribution in [2.75, 3.05) is 25.5 Å². The van der Waals surface area contributed by atoms with Crippen LogP contribution >= 0.6 is 0 Å². The molecule has 1 aromatic heterocycles. The second-order valence-electron chi connectivity index (χ2n) is 9.33. The number of unbranched alkanes of at least 4 members (excludes halogenated alkanes) is 1. The second-order valence-corrected chi connectivity index (χ2v) is 11.3. The van der Waals surface area contributed by atoms with E-state index < -0.39 is 15.9 Å². The fraction of sp³-hybridized carbons (Fsp3) is 0.385. The van der Waals surface area contributed by atoms with Crippen molar-refractivity contribution in [3.05, 3.63) is 66.4 Å². The van der Waals surface area contributed by atoms with E-state index in [1.807, 2.05) is 58.0 Å². The first-order valence-electron chi connectivity index (χ1n) is 11.7. The van der Waals surface area contributed by atoms with Gasteiger partial charge in [-0.05, 0) is 42.8 Å². The number of anilines is 1. The van der Waals surface area contributed by atoms with E-state index in [0.29, 0.717) is 18.0 Å². The van der Waals surface area contributed by atoms with E-state index in [4.69, 9.17) is 9.84 Å². The van der Waals surface area contributed by atoms with Crippen LogP contribution in [-0.4, -0.2) is 48.6 Å². The number of carbonyl (C=O) groups is 1. The molecule has 2 aromatic carbocycles. The third-order valence-corrected chi connectivity index (χ3v) is 7.38. The normalized spacial score (nSPS) is 12.1. The second kappa shape index (κ2) is 11.0. The minimum atomic E-state index is -3.81. The first kappa shape index (κ1) is 26.4. The lowest BCUT2D eigenvalue weighted by Gasteiger charge is -2.21. The summed E-state index contributed by atoms with van der Waals surface area (Å²) in [6.45, 7) is 8.06. The minimum Gasteiger partial charge on any atom is -0.497 e. The van der Waals surface area contributed by atoms with Crippen LogP contribution in [0.25, 0.3) is 5.69 Å². The Kier molecular flexibility index (Phi) is 8.34. The van der Waals surface area contributed by atoms with Crippen molar-refractivity contribution in [2.45, 2.75) is 50.8 Å². The Balaban J connectivity index is 1.90. The first-order valence-corrected chi connectivity index (χ1v) is 13.1. The predicted octanol–water partition coefficient (Wildman–Crippen LogP) is 4.61. The molecule has 0 aliphatic rings. The molecular weight excluding hydrogens is 464 g/mol. The lowest BCUT2D eigenvalue weighted by atomic mass is 9.92. The molecule has 0 aliphatic heterocycles. The van der Waals surface area contributed by atoms with E-state index in [1.165, 1.54) is 4.31 Å². The SMILES string of the molecule is CCCCN(CC(=O)Nc1cc(C(C)(C)C)nn1-c1ccc(OC)cc1)S(=O)(=O)c1ccccc1. The van der Waals surface area contributed by atoms with Gasteiger partial charge in [-0.15, -0.1) is 0 Å². The van der Waals surface area contributed by atoms with Gasteiger partial charge in [0.2, 0.25) is 15.9 Å². The standard InChI is InChI=1S/C26H34N4O4S/c1-6-7-17-29(35(32,33)22-11-9-8-10-12-22)19-25(31)27-24-18-23(26(2,3)4)28-30(24)20-13-15-21(34-5)16-14-20/h8-16,18H,6-7,17,19H2,1-5H3,(H,27,31). The molecule has 0 aliphatic carbocycles. The van der Waals surface area contributed by atoms with Crippen LogP contribution in [-0.2, 0) is 20.2 Å². The summed E-state index contributed by atoms with van der Waals surface area (Å²) in [6, 6.07) is 17.3. The lowest BCUT2D eigenvalue weighted by molar-refractivity contribution is -0.116. The van der Waals surface area contributed by atoms with Gasteiger partial charge in [-0.1, -0.05) is 52.3 Å². The summed E-state index contributed by atoms with van der Waals surface area (Å²) >= 11 is 0. The summed E-state index contributed by atoms with van der Waals surface area (Å²) < 4.78 is 34.6. The van der Waals surface area contributed by atoms with Gasteiger partial charge >= 0.3 is 0 Å². The van der Waals surface area contributed by atoms with E-state index in [-0.39, 0.29) is 23.4 Å². The Hall–Kier alpha value is -3.17. The van der Waals surface area contributed by atoms with Crippen LogP contribution in [0.5, 0.6) is 5.75 Å². The number of hydrogen-bond acceptors (Lipinski definition) is 5. The van der Waals surface area contributed by atoms with Gasteiger partial charge in [0.15, 0.2) is 0 Å². The number of aromatic nitrogens is 2. The molecule has 3 rings (SSSR count). The molecule has 0 spiro atoms. The maximum absolute atomic E-state index is 13.2. The first-order chi connectivity index (χ1) is 16.6. The average Bonchev–Trinajstić information content (AvgIpc) is 3.26. The Morgan fingerprint density at radius 1 is 1.09 bits per heavy atom. The summed E-state index contributed by atoms with van der Waals surface area (Å²) in [7, 11) is -2.22. The quantitative estimate of drug-likeness (QED) is 0.441. The highest BCUT2D eigenvalue weighted by Crippen LogP contribution is 2.27. The average molecular weight is 499 g/mol. The molecule has 8 nitrogen and oxygen atoms in total. The molecule has 0 atom stereocenters. The number of nitrogens with one attached hydrogen (secondary N) is 1. The molecule has 35 heavy (non-hydrogen) atoms. The van der Waals surface area contributed by atoms with Crippen molar-refractivity contribution in [1.82, 2.24) is 14.1 Å². The number of methoxy groups -OCH3 is 1. The Bertz CT molecular complexity index is 1230. The van der Waals surface area contributed by atoms with E-state index in [2.05, 4.69) is 5.32 Å². The molecule has 0 fully saturated rings. The molecule has 0 radical (unpaired) electrons. The molecule has 0 saturated carbocycles. The largest absolute Gasteiger partial charge is 0.497 e. The van der Waals surface area contributed by atoms with Crippen molar-refractivity contribution in [1.29, 1.82) is 0 Å². The van der Waals surface area contributed by atoms with Crippen LogP contribution in [0.2, 0.25) is 0 Å². The molecular formula is C26H34N4O4S. The monoisotopic (exact) mass is 498 g/mol. The number of nitrogens with zero attached hydrogens (tertiary/aromatic N) is 3. The van der Waals surface area contributed by atoms with Gasteiger partial charge in [0.1, 0.15) is 11.6 Å². The molecule has 0 unspecified atom stereocenters. The number of amides is 1. The zero-order chi connectivity index (χ0) is 25.6. The molecule has 0 bridgehead atoms. The Morgan fingerprint density at radius 3 is 2.31 bits per heavy atom. The molecule has 0 saturated heterocycles. The smallest absolute Gasteiger partial charge is 0.243 e. The highest BCUT2D eigenvalue weighted by Gasteiger charge is 2.27. The fourth-order valence-electron chi connectivity index (χ4n) is 3.46. The summed E-state index contributed by atoms with van der Waals surface area (Å²) in [5.74, 6) is 0.744. The minimum absolute atomic E-state index is 0.169. The van der Waals surface area contributed by atoms with Crippen molar-refractivity contribution < 1.29 is 17.9 Å². The third kappa shape index (κ3) is 6.49. The van der Waals surface area contributed by atoms with Crippen LogP contribution in [0.4, 0.5) is 5.82 Å². The number of ether oxygens (including phenoxy) is 1. The summed E-state index contributed by atoms with van der Waals surface area (Å²) in [6.07, 6.45) is 1.46. The van der Waals surface area contributed by atoms with Crippen molar-refractivity contribution in [3.8, 4) is 11.4 Å². The molecule has 1 amide bonds. The summed E-state index contributed by atoms with van der Waals surface area (Å²) in [5, 5.41) is 7.60. The van der Waals surface area contributed by atoms with Crippen LogP contribution in [0.15, 0.2) is 65.6 Å². The maximum Gasteiger partial charge on any atom is 0.243 e.